The molecular weight excluding hydrogens is 284 g/mol. The smallest absolute Gasteiger partial charge is 0.144 e. The highest BCUT2D eigenvalue weighted by Crippen LogP contribution is 2.27. The largest absolute Gasteiger partial charge is 0.399 e. The third-order valence-electron chi connectivity index (χ3n) is 3.15. The fourth-order valence-corrected chi connectivity index (χ4v) is 2.43. The second kappa shape index (κ2) is 5.31. The van der Waals surface area contributed by atoms with E-state index in [-0.39, 0.29) is 0 Å². The molecule has 3 aromatic rings. The van der Waals surface area contributed by atoms with E-state index in [1.165, 1.54) is 0 Å². The zero-order valence-electron chi connectivity index (χ0n) is 11.0. The molecule has 5 heteroatoms. The van der Waals surface area contributed by atoms with Gasteiger partial charge in [0.05, 0.1) is 16.3 Å². The van der Waals surface area contributed by atoms with E-state index in [0.717, 1.165) is 5.56 Å². The topological polar surface area (TPSA) is 67.6 Å². The molecule has 0 spiro atoms. The third-order valence-corrected chi connectivity index (χ3v) is 3.46. The minimum Gasteiger partial charge on any atom is -0.399 e. The maximum Gasteiger partial charge on any atom is 0.144 e. The number of rotatable bonds is 2. The van der Waals surface area contributed by atoms with Crippen LogP contribution in [0.25, 0.3) is 17.1 Å². The van der Waals surface area contributed by atoms with Gasteiger partial charge in [0, 0.05) is 23.6 Å². The molecule has 1 aromatic heterocycles. The normalized spacial score (nSPS) is 10.3. The van der Waals surface area contributed by atoms with Crippen molar-refractivity contribution >= 4 is 17.3 Å². The van der Waals surface area contributed by atoms with Gasteiger partial charge in [0.25, 0.3) is 0 Å². The summed E-state index contributed by atoms with van der Waals surface area (Å²) in [6, 6.07) is 14.9. The highest BCUT2D eigenvalue weighted by molar-refractivity contribution is 6.32. The molecule has 0 aliphatic carbocycles. The quantitative estimate of drug-likeness (QED) is 0.734. The summed E-state index contributed by atoms with van der Waals surface area (Å²) in [6.07, 6.45) is 3.48. The lowest BCUT2D eigenvalue weighted by molar-refractivity contribution is 1.06. The van der Waals surface area contributed by atoms with E-state index >= 15 is 0 Å². The van der Waals surface area contributed by atoms with Crippen LogP contribution in [0.1, 0.15) is 5.56 Å². The van der Waals surface area contributed by atoms with Gasteiger partial charge in [0.1, 0.15) is 11.9 Å². The lowest BCUT2D eigenvalue weighted by atomic mass is 10.1. The Kier molecular flexibility index (Phi) is 3.35. The number of benzene rings is 2. The zero-order valence-corrected chi connectivity index (χ0v) is 11.7. The molecule has 0 fully saturated rings. The average molecular weight is 295 g/mol. The molecule has 0 saturated heterocycles. The average Bonchev–Trinajstić information content (AvgIpc) is 2.96. The SMILES string of the molecule is N#Cc1c(Cl)cccc1-n1ccnc1-c1cccc(N)c1. The van der Waals surface area contributed by atoms with Crippen molar-refractivity contribution in [3.05, 3.63) is 65.4 Å². The van der Waals surface area contributed by atoms with Crippen LogP contribution in [0, 0.1) is 11.3 Å². The van der Waals surface area contributed by atoms with Crippen molar-refractivity contribution in [3.8, 4) is 23.1 Å². The number of imidazole rings is 1. The lowest BCUT2D eigenvalue weighted by Crippen LogP contribution is -2.00. The Hall–Kier alpha value is -2.77. The van der Waals surface area contributed by atoms with Gasteiger partial charge in [-0.2, -0.15) is 5.26 Å². The van der Waals surface area contributed by atoms with Gasteiger partial charge in [-0.15, -0.1) is 0 Å². The number of hydrogen-bond acceptors (Lipinski definition) is 3. The van der Waals surface area contributed by atoms with Crippen LogP contribution in [0.4, 0.5) is 5.69 Å². The van der Waals surface area contributed by atoms with Gasteiger partial charge in [-0.05, 0) is 24.3 Å². The number of aromatic nitrogens is 2. The van der Waals surface area contributed by atoms with Gasteiger partial charge in [-0.25, -0.2) is 4.98 Å². The van der Waals surface area contributed by atoms with E-state index in [9.17, 15) is 5.26 Å². The Morgan fingerprint density at radius 1 is 1.19 bits per heavy atom. The van der Waals surface area contributed by atoms with Gasteiger partial charge in [0.2, 0.25) is 0 Å². The fourth-order valence-electron chi connectivity index (χ4n) is 2.21. The molecule has 0 atom stereocenters. The number of anilines is 1. The predicted molar refractivity (Wildman–Crippen MR) is 83.1 cm³/mol. The first-order chi connectivity index (χ1) is 10.2. The molecule has 2 aromatic carbocycles. The molecule has 0 aliphatic heterocycles. The number of nitrogens with two attached hydrogens (primary N) is 1. The molecular formula is C16H11ClN4. The number of nitrogens with zero attached hydrogens (tertiary/aromatic N) is 3. The summed E-state index contributed by atoms with van der Waals surface area (Å²) in [6.45, 7) is 0. The van der Waals surface area contributed by atoms with Crippen molar-refractivity contribution in [3.63, 3.8) is 0 Å². The molecule has 0 amide bonds. The highest BCUT2D eigenvalue weighted by atomic mass is 35.5. The second-order valence-electron chi connectivity index (χ2n) is 4.49. The summed E-state index contributed by atoms with van der Waals surface area (Å²) in [4.78, 5) is 4.36. The summed E-state index contributed by atoms with van der Waals surface area (Å²) >= 11 is 6.09. The second-order valence-corrected chi connectivity index (χ2v) is 4.90. The fraction of sp³-hybridized carbons (Fsp3) is 0. The molecule has 102 valence electrons. The van der Waals surface area contributed by atoms with Gasteiger partial charge < -0.3 is 5.73 Å². The number of nitriles is 1. The van der Waals surface area contributed by atoms with Gasteiger partial charge >= 0.3 is 0 Å². The van der Waals surface area contributed by atoms with Crippen molar-refractivity contribution < 1.29 is 0 Å². The first-order valence-corrected chi connectivity index (χ1v) is 6.67. The molecule has 4 nitrogen and oxygen atoms in total. The molecule has 0 unspecified atom stereocenters. The Balaban J connectivity index is 2.21. The molecule has 0 aliphatic rings. The van der Waals surface area contributed by atoms with Crippen molar-refractivity contribution in [2.45, 2.75) is 0 Å². The minimum absolute atomic E-state index is 0.419. The van der Waals surface area contributed by atoms with E-state index in [1.54, 1.807) is 18.5 Å². The highest BCUT2D eigenvalue weighted by Gasteiger charge is 2.13. The van der Waals surface area contributed by atoms with E-state index in [0.29, 0.717) is 27.8 Å². The van der Waals surface area contributed by atoms with Crippen LogP contribution in [-0.2, 0) is 0 Å². The summed E-state index contributed by atoms with van der Waals surface area (Å²) in [5, 5.41) is 9.73. The van der Waals surface area contributed by atoms with Crippen molar-refractivity contribution in [1.29, 1.82) is 5.26 Å². The van der Waals surface area contributed by atoms with E-state index in [2.05, 4.69) is 11.1 Å². The Morgan fingerprint density at radius 2 is 2.00 bits per heavy atom. The van der Waals surface area contributed by atoms with Gasteiger partial charge in [-0.3, -0.25) is 4.57 Å². The first-order valence-electron chi connectivity index (χ1n) is 6.29. The van der Waals surface area contributed by atoms with E-state index in [4.69, 9.17) is 17.3 Å². The van der Waals surface area contributed by atoms with Crippen LogP contribution in [0.5, 0.6) is 0 Å². The monoisotopic (exact) mass is 294 g/mol. The summed E-state index contributed by atoms with van der Waals surface area (Å²) < 4.78 is 1.83. The van der Waals surface area contributed by atoms with Crippen molar-refractivity contribution in [2.24, 2.45) is 0 Å². The number of hydrogen-bond donors (Lipinski definition) is 1. The van der Waals surface area contributed by atoms with Gasteiger partial charge in [-0.1, -0.05) is 29.8 Å². The maximum atomic E-state index is 9.32. The first kappa shape index (κ1) is 13.2. The van der Waals surface area contributed by atoms with Crippen molar-refractivity contribution in [1.82, 2.24) is 9.55 Å². The summed E-state index contributed by atoms with van der Waals surface area (Å²) in [5.41, 5.74) is 8.48. The van der Waals surface area contributed by atoms with Crippen LogP contribution >= 0.6 is 11.6 Å². The van der Waals surface area contributed by atoms with E-state index in [1.807, 2.05) is 41.0 Å². The molecule has 0 radical (unpaired) electrons. The van der Waals surface area contributed by atoms with Gasteiger partial charge in [0.15, 0.2) is 0 Å². The lowest BCUT2D eigenvalue weighted by Gasteiger charge is -2.11. The zero-order chi connectivity index (χ0) is 14.8. The Bertz CT molecular complexity index is 845. The summed E-state index contributed by atoms with van der Waals surface area (Å²) in [5.74, 6) is 0.709. The van der Waals surface area contributed by atoms with Crippen LogP contribution in [0.2, 0.25) is 5.02 Å². The molecule has 0 saturated carbocycles. The van der Waals surface area contributed by atoms with Crippen LogP contribution in [-0.4, -0.2) is 9.55 Å². The number of halogens is 1. The molecule has 2 N–H and O–H groups in total. The van der Waals surface area contributed by atoms with Crippen LogP contribution in [0.3, 0.4) is 0 Å². The Morgan fingerprint density at radius 3 is 2.76 bits per heavy atom. The van der Waals surface area contributed by atoms with Crippen molar-refractivity contribution in [2.75, 3.05) is 5.73 Å². The molecule has 3 rings (SSSR count). The van der Waals surface area contributed by atoms with E-state index < -0.39 is 0 Å². The Labute approximate surface area is 127 Å². The van der Waals surface area contributed by atoms with Crippen LogP contribution < -0.4 is 5.73 Å². The maximum absolute atomic E-state index is 9.32. The molecule has 1 heterocycles. The predicted octanol–water partition coefficient (Wildman–Crippen LogP) is 3.65. The molecule has 0 bridgehead atoms. The van der Waals surface area contributed by atoms with Crippen LogP contribution in [0.15, 0.2) is 54.9 Å². The minimum atomic E-state index is 0.419. The molecule has 21 heavy (non-hydrogen) atoms. The standard InChI is InChI=1S/C16H11ClN4/c17-14-5-2-6-15(13(14)10-18)21-8-7-20-16(21)11-3-1-4-12(19)9-11/h1-9H,19H2. The summed E-state index contributed by atoms with van der Waals surface area (Å²) in [7, 11) is 0. The third kappa shape index (κ3) is 2.35. The number of nitrogen functional groups attached to an aromatic ring is 1.